The van der Waals surface area contributed by atoms with Gasteiger partial charge in [0.15, 0.2) is 5.17 Å². The lowest BCUT2D eigenvalue weighted by molar-refractivity contribution is -0.113. The molecule has 3 rings (SSSR count). The van der Waals surface area contributed by atoms with Crippen LogP contribution in [0.4, 0.5) is 5.69 Å². The third-order valence-electron chi connectivity index (χ3n) is 3.41. The van der Waals surface area contributed by atoms with E-state index in [0.717, 1.165) is 16.8 Å². The third-order valence-corrected chi connectivity index (χ3v) is 4.31. The van der Waals surface area contributed by atoms with Crippen molar-refractivity contribution in [1.29, 1.82) is 0 Å². The van der Waals surface area contributed by atoms with Crippen LogP contribution >= 0.6 is 11.8 Å². The van der Waals surface area contributed by atoms with Gasteiger partial charge in [-0.15, -0.1) is 0 Å². The number of aromatic nitrogens is 1. The largest absolute Gasteiger partial charge is 0.495 e. The normalized spacial score (nSPS) is 15.5. The van der Waals surface area contributed by atoms with E-state index in [1.165, 1.54) is 17.8 Å². The molecule has 0 unspecified atom stereocenters. The molecule has 0 aliphatic carbocycles. The van der Waals surface area contributed by atoms with Crippen molar-refractivity contribution in [3.8, 4) is 5.75 Å². The van der Waals surface area contributed by atoms with Gasteiger partial charge in [-0.05, 0) is 48.0 Å². The summed E-state index contributed by atoms with van der Waals surface area (Å²) in [5.41, 5.74) is 2.32. The van der Waals surface area contributed by atoms with Gasteiger partial charge in [-0.1, -0.05) is 12.1 Å². The third kappa shape index (κ3) is 3.41. The molecule has 1 aliphatic heterocycles. The number of para-hydroxylation sites is 1. The van der Waals surface area contributed by atoms with E-state index < -0.39 is 0 Å². The molecule has 2 heterocycles. The summed E-state index contributed by atoms with van der Waals surface area (Å²) < 4.78 is 5.34. The van der Waals surface area contributed by atoms with Crippen molar-refractivity contribution in [2.75, 3.05) is 12.4 Å². The quantitative estimate of drug-likeness (QED) is 0.839. The highest BCUT2D eigenvalue weighted by molar-refractivity contribution is 8.18. The number of methoxy groups -OCH3 is 1. The van der Waals surface area contributed by atoms with Crippen molar-refractivity contribution in [1.82, 2.24) is 4.98 Å². The molecule has 2 aromatic rings. The van der Waals surface area contributed by atoms with Gasteiger partial charge in [-0.2, -0.15) is 4.99 Å². The number of hydrogen-bond acceptors (Lipinski definition) is 5. The smallest absolute Gasteiger partial charge is 0.286 e. The van der Waals surface area contributed by atoms with Gasteiger partial charge in [0.05, 0.1) is 17.7 Å². The summed E-state index contributed by atoms with van der Waals surface area (Å²) in [6, 6.07) is 8.75. The predicted octanol–water partition coefficient (Wildman–Crippen LogP) is 2.77. The SMILES string of the molecule is COc1cccc(C)c1NC1=NC(=O)C(=Cc2ccc(=O)[nH]c2)S1. The van der Waals surface area contributed by atoms with Gasteiger partial charge in [0.2, 0.25) is 5.56 Å². The van der Waals surface area contributed by atoms with Crippen LogP contribution < -0.4 is 15.6 Å². The Morgan fingerprint density at radius 2 is 2.08 bits per heavy atom. The zero-order chi connectivity index (χ0) is 17.1. The number of nitrogens with zero attached hydrogens (tertiary/aromatic N) is 1. The van der Waals surface area contributed by atoms with Crippen molar-refractivity contribution in [3.63, 3.8) is 0 Å². The molecule has 0 spiro atoms. The average Bonchev–Trinajstić information content (AvgIpc) is 2.91. The maximum atomic E-state index is 12.1. The number of ether oxygens (including phenoxy) is 1. The second-order valence-corrected chi connectivity index (χ2v) is 6.13. The highest BCUT2D eigenvalue weighted by Gasteiger charge is 2.23. The molecule has 122 valence electrons. The summed E-state index contributed by atoms with van der Waals surface area (Å²) in [5, 5.41) is 3.64. The van der Waals surface area contributed by atoms with E-state index in [2.05, 4.69) is 15.3 Å². The number of carbonyl (C=O) groups excluding carboxylic acids is 1. The Bertz CT molecular complexity index is 895. The molecule has 1 amide bonds. The number of aliphatic imine (C=N–C) groups is 1. The maximum Gasteiger partial charge on any atom is 0.286 e. The number of aryl methyl sites for hydroxylation is 1. The van der Waals surface area contributed by atoms with Crippen LogP contribution in [0.1, 0.15) is 11.1 Å². The van der Waals surface area contributed by atoms with E-state index in [1.54, 1.807) is 25.4 Å². The minimum absolute atomic E-state index is 0.187. The Morgan fingerprint density at radius 3 is 2.79 bits per heavy atom. The summed E-state index contributed by atoms with van der Waals surface area (Å²) in [6.07, 6.45) is 3.25. The van der Waals surface area contributed by atoms with Crippen molar-refractivity contribution in [2.24, 2.45) is 4.99 Å². The topological polar surface area (TPSA) is 83.5 Å². The number of rotatable bonds is 3. The van der Waals surface area contributed by atoms with E-state index in [9.17, 15) is 9.59 Å². The van der Waals surface area contributed by atoms with Crippen LogP contribution in [0.5, 0.6) is 5.75 Å². The van der Waals surface area contributed by atoms with Gasteiger partial charge in [0.25, 0.3) is 5.91 Å². The minimum atomic E-state index is -0.318. The highest BCUT2D eigenvalue weighted by atomic mass is 32.2. The molecule has 1 aromatic heterocycles. The van der Waals surface area contributed by atoms with Crippen LogP contribution in [-0.4, -0.2) is 23.2 Å². The molecule has 0 saturated carbocycles. The van der Waals surface area contributed by atoms with E-state index in [4.69, 9.17) is 4.74 Å². The molecular weight excluding hydrogens is 326 g/mol. The Morgan fingerprint density at radius 1 is 1.25 bits per heavy atom. The summed E-state index contributed by atoms with van der Waals surface area (Å²) in [7, 11) is 1.59. The van der Waals surface area contributed by atoms with Gasteiger partial charge < -0.3 is 15.0 Å². The molecule has 0 bridgehead atoms. The highest BCUT2D eigenvalue weighted by Crippen LogP contribution is 2.33. The van der Waals surface area contributed by atoms with Crippen LogP contribution in [0.3, 0.4) is 0 Å². The van der Waals surface area contributed by atoms with Crippen molar-refractivity contribution in [3.05, 3.63) is 62.9 Å². The van der Waals surface area contributed by atoms with Crippen LogP contribution in [-0.2, 0) is 4.79 Å². The first-order valence-electron chi connectivity index (χ1n) is 7.19. The van der Waals surface area contributed by atoms with Gasteiger partial charge in [-0.3, -0.25) is 9.59 Å². The number of aromatic amines is 1. The molecule has 0 radical (unpaired) electrons. The zero-order valence-electron chi connectivity index (χ0n) is 13.1. The number of anilines is 1. The van der Waals surface area contributed by atoms with Crippen molar-refractivity contribution < 1.29 is 9.53 Å². The molecule has 0 saturated heterocycles. The van der Waals surface area contributed by atoms with E-state index >= 15 is 0 Å². The lowest BCUT2D eigenvalue weighted by atomic mass is 10.2. The van der Waals surface area contributed by atoms with Gasteiger partial charge in [0.1, 0.15) is 5.75 Å². The van der Waals surface area contributed by atoms with Crippen molar-refractivity contribution in [2.45, 2.75) is 6.92 Å². The average molecular weight is 341 g/mol. The van der Waals surface area contributed by atoms with Crippen LogP contribution in [0.2, 0.25) is 0 Å². The Balaban J connectivity index is 1.81. The monoisotopic (exact) mass is 341 g/mol. The van der Waals surface area contributed by atoms with Gasteiger partial charge in [-0.25, -0.2) is 0 Å². The van der Waals surface area contributed by atoms with Crippen LogP contribution in [0.15, 0.2) is 51.2 Å². The number of thioether (sulfide) groups is 1. The summed E-state index contributed by atoms with van der Waals surface area (Å²) >= 11 is 1.24. The first kappa shape index (κ1) is 16.1. The first-order valence-corrected chi connectivity index (χ1v) is 8.00. The fraction of sp³-hybridized carbons (Fsp3) is 0.118. The lowest BCUT2D eigenvalue weighted by Gasteiger charge is -2.12. The summed E-state index contributed by atoms with van der Waals surface area (Å²) in [5.74, 6) is 0.366. The molecule has 0 atom stereocenters. The number of nitrogens with one attached hydrogen (secondary N) is 2. The number of benzene rings is 1. The fourth-order valence-corrected chi connectivity index (χ4v) is 3.02. The molecule has 0 fully saturated rings. The first-order chi connectivity index (χ1) is 11.6. The molecule has 7 heteroatoms. The molecule has 2 N–H and O–H groups in total. The number of carbonyl (C=O) groups is 1. The molecule has 1 aliphatic rings. The lowest BCUT2D eigenvalue weighted by Crippen LogP contribution is -2.07. The second-order valence-electron chi connectivity index (χ2n) is 5.10. The van der Waals surface area contributed by atoms with E-state index in [1.807, 2.05) is 25.1 Å². The van der Waals surface area contributed by atoms with Crippen LogP contribution in [0.25, 0.3) is 6.08 Å². The van der Waals surface area contributed by atoms with E-state index in [0.29, 0.717) is 15.8 Å². The number of amidine groups is 1. The standard InChI is InChI=1S/C17H15N3O3S/c1-10-4-3-5-12(23-2)15(10)19-17-20-16(22)13(24-17)8-11-6-7-14(21)18-9-11/h3-9H,1-2H3,(H,18,21)(H,19,20,22). The summed E-state index contributed by atoms with van der Waals surface area (Å²) in [6.45, 7) is 1.95. The molecule has 24 heavy (non-hydrogen) atoms. The minimum Gasteiger partial charge on any atom is -0.495 e. The molecule has 6 nitrogen and oxygen atoms in total. The second kappa shape index (κ2) is 6.76. The Kier molecular flexibility index (Phi) is 4.52. The summed E-state index contributed by atoms with van der Waals surface area (Å²) in [4.78, 5) is 30.2. The van der Waals surface area contributed by atoms with Gasteiger partial charge in [0, 0.05) is 12.3 Å². The van der Waals surface area contributed by atoms with Gasteiger partial charge >= 0.3 is 0 Å². The fourth-order valence-electron chi connectivity index (χ4n) is 2.20. The van der Waals surface area contributed by atoms with Crippen LogP contribution in [0, 0.1) is 6.92 Å². The number of amides is 1. The molecule has 1 aromatic carbocycles. The molecular formula is C17H15N3O3S. The number of hydrogen-bond donors (Lipinski definition) is 2. The van der Waals surface area contributed by atoms with Crippen molar-refractivity contribution >= 4 is 34.6 Å². The maximum absolute atomic E-state index is 12.1. The zero-order valence-corrected chi connectivity index (χ0v) is 13.9. The van der Waals surface area contributed by atoms with E-state index in [-0.39, 0.29) is 11.5 Å². The number of pyridine rings is 1. The Labute approximate surface area is 142 Å². The predicted molar refractivity (Wildman–Crippen MR) is 96.4 cm³/mol. The Hall–Kier alpha value is -2.80. The number of H-pyrrole nitrogens is 1.